The van der Waals surface area contributed by atoms with Crippen LogP contribution in [-0.4, -0.2) is 52.8 Å². The van der Waals surface area contributed by atoms with Crippen molar-refractivity contribution in [2.45, 2.75) is 31.2 Å². The van der Waals surface area contributed by atoms with Crippen molar-refractivity contribution >= 4 is 19.4 Å². The summed E-state index contributed by atoms with van der Waals surface area (Å²) in [5.41, 5.74) is 1.34. The Balaban J connectivity index is 1.95. The zero-order valence-electron chi connectivity index (χ0n) is 14.0. The number of hydrogen-bond acceptors (Lipinski definition) is 4. The smallest absolute Gasteiger partial charge is 0.271 e. The highest BCUT2D eigenvalue weighted by molar-refractivity contribution is 6.08. The van der Waals surface area contributed by atoms with Crippen LogP contribution in [0.1, 0.15) is 24.8 Å². The van der Waals surface area contributed by atoms with E-state index in [-0.39, 0.29) is 5.91 Å². The molecule has 0 aliphatic carbocycles. The first-order chi connectivity index (χ1) is 11.2. The molecule has 0 radical (unpaired) electrons. The summed E-state index contributed by atoms with van der Waals surface area (Å²) in [4.78, 5) is 15.1. The highest BCUT2D eigenvalue weighted by atomic mass is 16.5. The van der Waals surface area contributed by atoms with Crippen molar-refractivity contribution in [3.8, 4) is 5.75 Å². The van der Waals surface area contributed by atoms with Crippen molar-refractivity contribution < 1.29 is 19.0 Å². The van der Waals surface area contributed by atoms with Crippen LogP contribution in [0.15, 0.2) is 18.2 Å². The predicted octanol–water partition coefficient (Wildman–Crippen LogP) is 1.13. The first-order valence-electron chi connectivity index (χ1n) is 8.41. The number of carbonyl (C=O) groups is 1. The highest BCUT2D eigenvalue weighted by Gasteiger charge is 2.49. The van der Waals surface area contributed by atoms with Gasteiger partial charge in [0.15, 0.2) is 5.60 Å². The average Bonchev–Trinajstić information content (AvgIpc) is 2.59. The number of nitrogens with zero attached hydrogens (tertiary/aromatic N) is 1. The van der Waals surface area contributed by atoms with Gasteiger partial charge in [0.25, 0.3) is 5.91 Å². The molecule has 6 heteroatoms. The maximum Gasteiger partial charge on any atom is 0.271 e. The minimum atomic E-state index is -0.758. The maximum absolute atomic E-state index is 13.2. The summed E-state index contributed by atoms with van der Waals surface area (Å²) in [6.07, 6.45) is 2.97. The minimum Gasteiger partial charge on any atom is -0.475 e. The van der Waals surface area contributed by atoms with Gasteiger partial charge in [-0.2, -0.15) is 0 Å². The van der Waals surface area contributed by atoms with Gasteiger partial charge < -0.3 is 19.1 Å². The van der Waals surface area contributed by atoms with E-state index in [1.165, 1.54) is 5.56 Å². The lowest BCUT2D eigenvalue weighted by Gasteiger charge is -2.44. The summed E-state index contributed by atoms with van der Waals surface area (Å²) in [5.74, 6) is 0.874. The summed E-state index contributed by atoms with van der Waals surface area (Å²) in [5, 5.41) is 0. The number of methoxy groups -OCH3 is 1. The average molecular weight is 317 g/mol. The molecule has 2 aliphatic rings. The Labute approximate surface area is 138 Å². The third-order valence-electron chi connectivity index (χ3n) is 4.69. The van der Waals surface area contributed by atoms with Crippen molar-refractivity contribution in [2.24, 2.45) is 0 Å². The van der Waals surface area contributed by atoms with E-state index in [2.05, 4.69) is 20.0 Å². The molecular formula is C17H24BNO4. The number of anilines is 1. The monoisotopic (exact) mass is 317 g/mol. The number of benzene rings is 1. The van der Waals surface area contributed by atoms with Gasteiger partial charge in [-0.1, -0.05) is 17.9 Å². The first kappa shape index (κ1) is 16.3. The predicted molar refractivity (Wildman–Crippen MR) is 90.9 cm³/mol. The number of carbonyl (C=O) groups excluding carboxylic acids is 1. The van der Waals surface area contributed by atoms with E-state index < -0.39 is 5.60 Å². The Kier molecular flexibility index (Phi) is 4.92. The van der Waals surface area contributed by atoms with Gasteiger partial charge in [-0.25, -0.2) is 0 Å². The molecular weight excluding hydrogens is 293 g/mol. The molecule has 2 aliphatic heterocycles. The quantitative estimate of drug-likeness (QED) is 0.603. The Bertz CT molecular complexity index is 572. The molecule has 1 aromatic carbocycles. The summed E-state index contributed by atoms with van der Waals surface area (Å²) in [6, 6.07) is 6.16. The van der Waals surface area contributed by atoms with E-state index >= 15 is 0 Å². The van der Waals surface area contributed by atoms with Gasteiger partial charge in [0, 0.05) is 33.1 Å². The largest absolute Gasteiger partial charge is 0.475 e. The molecule has 23 heavy (non-hydrogen) atoms. The fourth-order valence-corrected chi connectivity index (χ4v) is 3.30. The molecule has 124 valence electrons. The normalized spacial score (nSPS) is 19.5. The molecule has 0 saturated carbocycles. The number of rotatable bonds is 5. The van der Waals surface area contributed by atoms with Gasteiger partial charge >= 0.3 is 0 Å². The zero-order valence-corrected chi connectivity index (χ0v) is 14.0. The Hall–Kier alpha value is -1.53. The molecule has 1 aromatic rings. The number of fused-ring (bicyclic) bond motifs is 1. The Morgan fingerprint density at radius 1 is 1.35 bits per heavy atom. The highest BCUT2D eigenvalue weighted by Crippen LogP contribution is 2.42. The van der Waals surface area contributed by atoms with Gasteiger partial charge in [0.2, 0.25) is 0 Å². The van der Waals surface area contributed by atoms with Gasteiger partial charge in [0.1, 0.15) is 13.6 Å². The number of amides is 1. The second-order valence-corrected chi connectivity index (χ2v) is 6.17. The summed E-state index contributed by atoms with van der Waals surface area (Å²) >= 11 is 0. The third-order valence-corrected chi connectivity index (χ3v) is 4.69. The summed E-state index contributed by atoms with van der Waals surface area (Å²) in [6.45, 7) is 2.43. The van der Waals surface area contributed by atoms with Crippen molar-refractivity contribution in [1.82, 2.24) is 0 Å². The molecule has 5 nitrogen and oxygen atoms in total. The van der Waals surface area contributed by atoms with E-state index in [0.29, 0.717) is 39.2 Å². The topological polar surface area (TPSA) is 48.0 Å². The first-order valence-corrected chi connectivity index (χ1v) is 8.41. The number of ether oxygens (including phenoxy) is 3. The lowest BCUT2D eigenvalue weighted by molar-refractivity contribution is -0.144. The molecule has 1 saturated heterocycles. The molecule has 0 N–H and O–H groups in total. The van der Waals surface area contributed by atoms with Crippen LogP contribution < -0.4 is 9.64 Å². The number of hydrogen-bond donors (Lipinski definition) is 0. The van der Waals surface area contributed by atoms with Crippen LogP contribution in [0.3, 0.4) is 0 Å². The van der Waals surface area contributed by atoms with Crippen molar-refractivity contribution in [3.05, 3.63) is 23.8 Å². The van der Waals surface area contributed by atoms with Crippen LogP contribution in [0.25, 0.3) is 0 Å². The lowest BCUT2D eigenvalue weighted by atomic mass is 9.89. The van der Waals surface area contributed by atoms with Gasteiger partial charge in [0.05, 0.1) is 18.9 Å². The molecule has 1 amide bonds. The van der Waals surface area contributed by atoms with Crippen LogP contribution in [0, 0.1) is 0 Å². The van der Waals surface area contributed by atoms with E-state index in [4.69, 9.17) is 14.2 Å². The summed E-state index contributed by atoms with van der Waals surface area (Å²) in [7, 11) is 3.80. The van der Waals surface area contributed by atoms with Crippen LogP contribution >= 0.6 is 0 Å². The lowest BCUT2D eigenvalue weighted by Crippen LogP contribution is -2.58. The van der Waals surface area contributed by atoms with Gasteiger partial charge in [-0.05, 0) is 18.6 Å². The Morgan fingerprint density at radius 3 is 2.83 bits per heavy atom. The van der Waals surface area contributed by atoms with Crippen LogP contribution in [0.2, 0.25) is 0 Å². The Morgan fingerprint density at radius 2 is 2.13 bits per heavy atom. The van der Waals surface area contributed by atoms with E-state index in [1.807, 2.05) is 11.0 Å². The van der Waals surface area contributed by atoms with E-state index in [9.17, 15) is 4.79 Å². The van der Waals surface area contributed by atoms with Gasteiger partial charge in [-0.3, -0.25) is 4.79 Å². The van der Waals surface area contributed by atoms with Crippen LogP contribution in [0.5, 0.6) is 5.75 Å². The zero-order chi connectivity index (χ0) is 16.3. The van der Waals surface area contributed by atoms with Gasteiger partial charge in [-0.15, -0.1) is 0 Å². The minimum absolute atomic E-state index is 0.0673. The molecule has 1 fully saturated rings. The second kappa shape index (κ2) is 6.93. The summed E-state index contributed by atoms with van der Waals surface area (Å²) < 4.78 is 16.8. The van der Waals surface area contributed by atoms with Crippen LogP contribution in [0.4, 0.5) is 5.69 Å². The maximum atomic E-state index is 13.2. The molecule has 0 bridgehead atoms. The van der Waals surface area contributed by atoms with Crippen LogP contribution in [-0.2, 0) is 20.6 Å². The molecule has 0 aromatic heterocycles. The third kappa shape index (κ3) is 3.10. The molecule has 3 rings (SSSR count). The molecule has 2 heterocycles. The standard InChI is InChI=1S/C17H24BNO4/c1-21-8-2-7-19-14-11-13(12-18)3-4-15(14)23-17(16(19)20)5-9-22-10-6-17/h3-4,11H,2,5-10,12,18H2,1H3. The SMILES string of the molecule is BCc1ccc2c(c1)N(CCCOC)C(=O)C1(CCOCC1)O2. The fourth-order valence-electron chi connectivity index (χ4n) is 3.30. The van der Waals surface area contributed by atoms with E-state index in [1.54, 1.807) is 7.11 Å². The molecule has 0 unspecified atom stereocenters. The molecule has 1 spiro atoms. The van der Waals surface area contributed by atoms with E-state index in [0.717, 1.165) is 24.2 Å². The van der Waals surface area contributed by atoms with Crippen molar-refractivity contribution in [3.63, 3.8) is 0 Å². The molecule has 0 atom stereocenters. The van der Waals surface area contributed by atoms with Crippen molar-refractivity contribution in [2.75, 3.05) is 38.4 Å². The second-order valence-electron chi connectivity index (χ2n) is 6.17. The fraction of sp³-hybridized carbons (Fsp3) is 0.588. The van der Waals surface area contributed by atoms with Crippen molar-refractivity contribution in [1.29, 1.82) is 0 Å².